The van der Waals surface area contributed by atoms with E-state index in [2.05, 4.69) is 58.3 Å². The average molecular weight is 394 g/mol. The smallest absolute Gasteiger partial charge is 0.257 e. The van der Waals surface area contributed by atoms with Crippen LogP contribution in [-0.4, -0.2) is 64.9 Å². The highest BCUT2D eigenvalue weighted by Gasteiger charge is 2.22. The lowest BCUT2D eigenvalue weighted by Gasteiger charge is -2.34. The maximum absolute atomic E-state index is 12.7. The van der Waals surface area contributed by atoms with Crippen molar-refractivity contribution in [2.75, 3.05) is 44.6 Å². The van der Waals surface area contributed by atoms with Gasteiger partial charge in [-0.3, -0.25) is 9.69 Å². The topological polar surface area (TPSA) is 61.4 Å². The number of hydrogen-bond donors (Lipinski definition) is 1. The molecule has 0 unspecified atom stereocenters. The molecule has 2 heterocycles. The van der Waals surface area contributed by atoms with Crippen molar-refractivity contribution in [3.05, 3.63) is 59.9 Å². The number of anilines is 1. The van der Waals surface area contributed by atoms with Gasteiger partial charge >= 0.3 is 0 Å². The van der Waals surface area contributed by atoms with Crippen LogP contribution in [0, 0.1) is 5.92 Å². The summed E-state index contributed by atoms with van der Waals surface area (Å²) >= 11 is 0. The Labute approximate surface area is 173 Å². The molecular weight excluding hydrogens is 362 g/mol. The molecule has 0 aliphatic carbocycles. The first-order valence-electron chi connectivity index (χ1n) is 10.4. The van der Waals surface area contributed by atoms with Gasteiger partial charge in [0.25, 0.3) is 5.91 Å². The summed E-state index contributed by atoms with van der Waals surface area (Å²) < 4.78 is 0. The first kappa shape index (κ1) is 21.0. The molecule has 0 radical (unpaired) electrons. The Morgan fingerprint density at radius 1 is 1.10 bits per heavy atom. The van der Waals surface area contributed by atoms with Crippen LogP contribution >= 0.6 is 0 Å². The van der Waals surface area contributed by atoms with Gasteiger partial charge in [-0.15, -0.1) is 0 Å². The number of piperazine rings is 1. The molecule has 1 aliphatic rings. The Morgan fingerprint density at radius 3 is 2.45 bits per heavy atom. The third kappa shape index (κ3) is 6.68. The molecule has 1 saturated heterocycles. The van der Waals surface area contributed by atoms with E-state index in [0.29, 0.717) is 17.4 Å². The largest absolute Gasteiger partial charge is 0.354 e. The molecule has 6 nitrogen and oxygen atoms in total. The molecule has 3 rings (SSSR count). The van der Waals surface area contributed by atoms with Gasteiger partial charge in [0.05, 0.1) is 5.56 Å². The van der Waals surface area contributed by atoms with Crippen molar-refractivity contribution in [1.82, 2.24) is 19.8 Å². The summed E-state index contributed by atoms with van der Waals surface area (Å²) in [6.45, 7) is 9.32. The summed E-state index contributed by atoms with van der Waals surface area (Å²) in [7, 11) is 0. The number of amides is 1. The second-order valence-electron chi connectivity index (χ2n) is 7.81. The van der Waals surface area contributed by atoms with Gasteiger partial charge in [0.15, 0.2) is 0 Å². The van der Waals surface area contributed by atoms with Gasteiger partial charge in [-0.25, -0.2) is 9.97 Å². The maximum Gasteiger partial charge on any atom is 0.257 e. The third-order valence-electron chi connectivity index (χ3n) is 5.04. The van der Waals surface area contributed by atoms with Crippen LogP contribution in [0.15, 0.2) is 48.8 Å². The fraction of sp³-hybridized carbons (Fsp3) is 0.435. The highest BCUT2D eigenvalue weighted by molar-refractivity contribution is 5.93. The summed E-state index contributed by atoms with van der Waals surface area (Å²) in [6, 6.07) is 10.3. The SMILES string of the molecule is CC(C)CCNc1ncc(C(=O)N2CCN(C/C=C/c3ccccc3)CC2)cn1. The van der Waals surface area contributed by atoms with Crippen LogP contribution in [0.5, 0.6) is 0 Å². The van der Waals surface area contributed by atoms with Crippen molar-refractivity contribution >= 4 is 17.9 Å². The lowest BCUT2D eigenvalue weighted by molar-refractivity contribution is 0.0649. The zero-order valence-electron chi connectivity index (χ0n) is 17.4. The fourth-order valence-electron chi connectivity index (χ4n) is 3.22. The Hall–Kier alpha value is -2.73. The fourth-order valence-corrected chi connectivity index (χ4v) is 3.22. The molecule has 1 aliphatic heterocycles. The number of aromatic nitrogens is 2. The highest BCUT2D eigenvalue weighted by Crippen LogP contribution is 2.10. The van der Waals surface area contributed by atoms with Crippen LogP contribution < -0.4 is 5.32 Å². The summed E-state index contributed by atoms with van der Waals surface area (Å²) in [5.74, 6) is 1.23. The zero-order chi connectivity index (χ0) is 20.5. The van der Waals surface area contributed by atoms with E-state index in [4.69, 9.17) is 0 Å². The van der Waals surface area contributed by atoms with E-state index in [1.165, 1.54) is 5.56 Å². The quantitative estimate of drug-likeness (QED) is 0.745. The standard InChI is InChI=1S/C23H31N5O/c1-19(2)10-11-24-23-25-17-21(18-26-23)22(29)28-15-13-27(14-16-28)12-6-9-20-7-4-3-5-8-20/h3-9,17-19H,10-16H2,1-2H3,(H,24,25,26)/b9-6+. The third-order valence-corrected chi connectivity index (χ3v) is 5.04. The Morgan fingerprint density at radius 2 is 1.79 bits per heavy atom. The van der Waals surface area contributed by atoms with Gasteiger partial charge in [0.1, 0.15) is 0 Å². The van der Waals surface area contributed by atoms with Crippen LogP contribution in [0.1, 0.15) is 36.2 Å². The second kappa shape index (κ2) is 10.7. The number of nitrogens with zero attached hydrogens (tertiary/aromatic N) is 4. The molecule has 154 valence electrons. The van der Waals surface area contributed by atoms with E-state index in [0.717, 1.165) is 45.7 Å². The minimum Gasteiger partial charge on any atom is -0.354 e. The van der Waals surface area contributed by atoms with Crippen molar-refractivity contribution in [2.45, 2.75) is 20.3 Å². The maximum atomic E-state index is 12.7. The van der Waals surface area contributed by atoms with E-state index in [1.807, 2.05) is 23.1 Å². The Balaban J connectivity index is 1.43. The van der Waals surface area contributed by atoms with E-state index >= 15 is 0 Å². The van der Waals surface area contributed by atoms with E-state index in [1.54, 1.807) is 12.4 Å². The van der Waals surface area contributed by atoms with Crippen molar-refractivity contribution in [1.29, 1.82) is 0 Å². The molecule has 1 N–H and O–H groups in total. The molecule has 0 bridgehead atoms. The number of benzene rings is 1. The van der Waals surface area contributed by atoms with E-state index < -0.39 is 0 Å². The van der Waals surface area contributed by atoms with Crippen molar-refractivity contribution in [3.8, 4) is 0 Å². The van der Waals surface area contributed by atoms with Crippen LogP contribution in [0.3, 0.4) is 0 Å². The van der Waals surface area contributed by atoms with E-state index in [-0.39, 0.29) is 5.91 Å². The lowest BCUT2D eigenvalue weighted by atomic mass is 10.1. The summed E-state index contributed by atoms with van der Waals surface area (Å²) in [5.41, 5.74) is 1.76. The minimum atomic E-state index is 0.0122. The van der Waals surface area contributed by atoms with Crippen molar-refractivity contribution < 1.29 is 4.79 Å². The molecule has 0 atom stereocenters. The van der Waals surface area contributed by atoms with Crippen LogP contribution in [0.25, 0.3) is 6.08 Å². The van der Waals surface area contributed by atoms with Crippen LogP contribution in [-0.2, 0) is 0 Å². The normalized spacial score (nSPS) is 15.2. The monoisotopic (exact) mass is 393 g/mol. The molecule has 0 saturated carbocycles. The van der Waals surface area contributed by atoms with E-state index in [9.17, 15) is 4.79 Å². The summed E-state index contributed by atoms with van der Waals surface area (Å²) in [6.07, 6.45) is 8.65. The van der Waals surface area contributed by atoms with Crippen molar-refractivity contribution in [2.24, 2.45) is 5.92 Å². The summed E-state index contributed by atoms with van der Waals surface area (Å²) in [5, 5.41) is 3.20. The first-order valence-corrected chi connectivity index (χ1v) is 10.4. The first-order chi connectivity index (χ1) is 14.1. The molecule has 29 heavy (non-hydrogen) atoms. The molecule has 6 heteroatoms. The molecule has 1 fully saturated rings. The highest BCUT2D eigenvalue weighted by atomic mass is 16.2. The second-order valence-corrected chi connectivity index (χ2v) is 7.81. The van der Waals surface area contributed by atoms with Gasteiger partial charge in [-0.2, -0.15) is 0 Å². The van der Waals surface area contributed by atoms with Gasteiger partial charge in [0, 0.05) is 51.7 Å². The molecule has 0 spiro atoms. The van der Waals surface area contributed by atoms with Gasteiger partial charge < -0.3 is 10.2 Å². The van der Waals surface area contributed by atoms with Gasteiger partial charge in [-0.1, -0.05) is 56.3 Å². The molecular formula is C23H31N5O. The number of rotatable bonds is 8. The zero-order valence-corrected chi connectivity index (χ0v) is 17.4. The molecule has 1 amide bonds. The average Bonchev–Trinajstić information content (AvgIpc) is 2.75. The number of carbonyl (C=O) groups is 1. The molecule has 1 aromatic heterocycles. The van der Waals surface area contributed by atoms with Crippen molar-refractivity contribution in [3.63, 3.8) is 0 Å². The minimum absolute atomic E-state index is 0.0122. The predicted octanol–water partition coefficient (Wildman–Crippen LogP) is 3.41. The lowest BCUT2D eigenvalue weighted by Crippen LogP contribution is -2.48. The number of hydrogen-bond acceptors (Lipinski definition) is 5. The Kier molecular flexibility index (Phi) is 7.76. The molecule has 2 aromatic rings. The Bertz CT molecular complexity index is 781. The van der Waals surface area contributed by atoms with Crippen LogP contribution in [0.4, 0.5) is 5.95 Å². The van der Waals surface area contributed by atoms with Gasteiger partial charge in [0.2, 0.25) is 5.95 Å². The number of nitrogens with one attached hydrogen (secondary N) is 1. The van der Waals surface area contributed by atoms with Crippen LogP contribution in [0.2, 0.25) is 0 Å². The predicted molar refractivity (Wildman–Crippen MR) is 118 cm³/mol. The molecule has 1 aromatic carbocycles. The summed E-state index contributed by atoms with van der Waals surface area (Å²) in [4.78, 5) is 25.5. The van der Waals surface area contributed by atoms with Gasteiger partial charge in [-0.05, 0) is 17.9 Å². The number of carbonyl (C=O) groups excluding carboxylic acids is 1.